The van der Waals surface area contributed by atoms with E-state index in [1.165, 1.54) is 0 Å². The highest BCUT2D eigenvalue weighted by Crippen LogP contribution is 2.40. The third-order valence-electron chi connectivity index (χ3n) is 5.91. The molecule has 0 saturated carbocycles. The van der Waals surface area contributed by atoms with Gasteiger partial charge in [-0.15, -0.1) is 0 Å². The molecule has 168 valence electrons. The van der Waals surface area contributed by atoms with Gasteiger partial charge in [-0.05, 0) is 37.0 Å². The standard InChI is InChI=1S/C28H32O4/c1-27(2)31-21-26(32-27)20-25(29)18-19-30-28(22-12-6-3-7-13-22,23-14-8-4-9-15-23)24-16-10-5-11-17-24/h3-17,25-26,29H,18-21H2,1-2H3/t25-,26-/m0/s1. The Hall–Kier alpha value is -2.50. The maximum absolute atomic E-state index is 10.7. The van der Waals surface area contributed by atoms with E-state index < -0.39 is 17.5 Å². The minimum absolute atomic E-state index is 0.0953. The first-order chi connectivity index (χ1) is 15.5. The Labute approximate surface area is 190 Å². The zero-order valence-corrected chi connectivity index (χ0v) is 18.8. The van der Waals surface area contributed by atoms with Gasteiger partial charge in [0.15, 0.2) is 5.79 Å². The fourth-order valence-electron chi connectivity index (χ4n) is 4.42. The molecule has 3 aromatic rings. The zero-order chi connectivity index (χ0) is 22.4. The lowest BCUT2D eigenvalue weighted by Gasteiger charge is -2.36. The average Bonchev–Trinajstić information content (AvgIpc) is 3.16. The Kier molecular flexibility index (Phi) is 7.07. The van der Waals surface area contributed by atoms with Crippen LogP contribution in [0.25, 0.3) is 0 Å². The molecule has 3 aromatic carbocycles. The van der Waals surface area contributed by atoms with Crippen molar-refractivity contribution < 1.29 is 19.3 Å². The highest BCUT2D eigenvalue weighted by atomic mass is 16.7. The molecule has 0 aliphatic carbocycles. The fraction of sp³-hybridized carbons (Fsp3) is 0.357. The second kappa shape index (κ2) is 9.97. The molecular formula is C28H32O4. The highest BCUT2D eigenvalue weighted by molar-refractivity contribution is 5.47. The molecule has 4 nitrogen and oxygen atoms in total. The monoisotopic (exact) mass is 432 g/mol. The van der Waals surface area contributed by atoms with Gasteiger partial charge in [-0.3, -0.25) is 0 Å². The van der Waals surface area contributed by atoms with E-state index in [9.17, 15) is 5.11 Å². The largest absolute Gasteiger partial charge is 0.393 e. The van der Waals surface area contributed by atoms with Crippen molar-refractivity contribution in [2.24, 2.45) is 0 Å². The molecule has 0 bridgehead atoms. The summed E-state index contributed by atoms with van der Waals surface area (Å²) in [5.74, 6) is -0.579. The van der Waals surface area contributed by atoms with E-state index in [1.807, 2.05) is 68.4 Å². The van der Waals surface area contributed by atoms with Crippen LogP contribution in [0.5, 0.6) is 0 Å². The Bertz CT molecular complexity index is 860. The summed E-state index contributed by atoms with van der Waals surface area (Å²) in [6, 6.07) is 30.8. The first-order valence-electron chi connectivity index (χ1n) is 11.3. The fourth-order valence-corrected chi connectivity index (χ4v) is 4.42. The lowest BCUT2D eigenvalue weighted by molar-refractivity contribution is -0.141. The third kappa shape index (κ3) is 5.11. The van der Waals surface area contributed by atoms with Crippen molar-refractivity contribution in [2.45, 2.75) is 50.3 Å². The van der Waals surface area contributed by atoms with E-state index in [4.69, 9.17) is 14.2 Å². The van der Waals surface area contributed by atoms with Crippen molar-refractivity contribution in [3.05, 3.63) is 108 Å². The number of rotatable bonds is 9. The minimum atomic E-state index is -0.765. The number of aliphatic hydroxyl groups excluding tert-OH is 1. The molecule has 4 rings (SSSR count). The van der Waals surface area contributed by atoms with Crippen molar-refractivity contribution in [3.63, 3.8) is 0 Å². The van der Waals surface area contributed by atoms with Crippen LogP contribution in [-0.2, 0) is 19.8 Å². The molecule has 0 amide bonds. The lowest BCUT2D eigenvalue weighted by atomic mass is 9.80. The molecule has 1 heterocycles. The molecule has 1 N–H and O–H groups in total. The zero-order valence-electron chi connectivity index (χ0n) is 18.8. The number of benzene rings is 3. The van der Waals surface area contributed by atoms with Gasteiger partial charge in [-0.25, -0.2) is 0 Å². The Morgan fingerprint density at radius 3 is 1.75 bits per heavy atom. The van der Waals surface area contributed by atoms with Gasteiger partial charge in [-0.2, -0.15) is 0 Å². The predicted molar refractivity (Wildman–Crippen MR) is 125 cm³/mol. The topological polar surface area (TPSA) is 47.9 Å². The molecule has 1 fully saturated rings. The van der Waals surface area contributed by atoms with Crippen LogP contribution in [0.15, 0.2) is 91.0 Å². The molecule has 0 unspecified atom stereocenters. The number of hydrogen-bond donors (Lipinski definition) is 1. The van der Waals surface area contributed by atoms with Crippen LogP contribution in [0, 0.1) is 0 Å². The summed E-state index contributed by atoms with van der Waals surface area (Å²) >= 11 is 0. The molecule has 1 saturated heterocycles. The molecule has 2 atom stereocenters. The van der Waals surface area contributed by atoms with E-state index in [1.54, 1.807) is 0 Å². The van der Waals surface area contributed by atoms with E-state index in [-0.39, 0.29) is 6.10 Å². The predicted octanol–water partition coefficient (Wildman–Crippen LogP) is 5.29. The first kappa shape index (κ1) is 22.7. The van der Waals surface area contributed by atoms with Gasteiger partial charge in [0.05, 0.1) is 25.4 Å². The van der Waals surface area contributed by atoms with Gasteiger partial charge >= 0.3 is 0 Å². The van der Waals surface area contributed by atoms with Gasteiger partial charge in [-0.1, -0.05) is 91.0 Å². The molecule has 32 heavy (non-hydrogen) atoms. The van der Waals surface area contributed by atoms with Crippen molar-refractivity contribution in [3.8, 4) is 0 Å². The highest BCUT2D eigenvalue weighted by Gasteiger charge is 2.38. The summed E-state index contributed by atoms with van der Waals surface area (Å²) in [4.78, 5) is 0. The molecule has 0 radical (unpaired) electrons. The molecule has 1 aliphatic heterocycles. The molecule has 1 aliphatic rings. The number of ether oxygens (including phenoxy) is 3. The summed E-state index contributed by atoms with van der Waals surface area (Å²) in [6.45, 7) is 4.70. The maximum atomic E-state index is 10.7. The van der Waals surface area contributed by atoms with Gasteiger partial charge in [0, 0.05) is 6.42 Å². The Morgan fingerprint density at radius 1 is 0.875 bits per heavy atom. The quantitative estimate of drug-likeness (QED) is 0.467. The smallest absolute Gasteiger partial charge is 0.163 e. The summed E-state index contributed by atoms with van der Waals surface area (Å²) in [5.41, 5.74) is 2.40. The van der Waals surface area contributed by atoms with Crippen molar-refractivity contribution >= 4 is 0 Å². The number of aliphatic hydroxyl groups is 1. The van der Waals surface area contributed by atoms with E-state index in [2.05, 4.69) is 36.4 Å². The van der Waals surface area contributed by atoms with Crippen LogP contribution < -0.4 is 0 Å². The SMILES string of the molecule is CC1(C)OC[C@H](C[C@@H](O)CCOC(c2ccccc2)(c2ccccc2)c2ccccc2)O1. The normalized spacial score (nSPS) is 19.0. The van der Waals surface area contributed by atoms with Gasteiger partial charge in [0.25, 0.3) is 0 Å². The van der Waals surface area contributed by atoms with Crippen molar-refractivity contribution in [1.82, 2.24) is 0 Å². The van der Waals surface area contributed by atoms with Gasteiger partial charge in [0.2, 0.25) is 0 Å². The summed E-state index contributed by atoms with van der Waals surface area (Å²) in [5, 5.41) is 10.7. The molecule has 0 spiro atoms. The van der Waals surface area contributed by atoms with Crippen LogP contribution in [0.1, 0.15) is 43.4 Å². The van der Waals surface area contributed by atoms with Crippen molar-refractivity contribution in [1.29, 1.82) is 0 Å². The summed E-state index contributed by atoms with van der Waals surface area (Å²) in [6.07, 6.45) is 0.413. The first-order valence-corrected chi connectivity index (χ1v) is 11.3. The van der Waals surface area contributed by atoms with Crippen LogP contribution in [0.3, 0.4) is 0 Å². The summed E-state index contributed by atoms with van der Waals surface area (Å²) in [7, 11) is 0. The average molecular weight is 433 g/mol. The molecule has 4 heteroatoms. The molecule has 0 aromatic heterocycles. The van der Waals surface area contributed by atoms with Gasteiger partial charge < -0.3 is 19.3 Å². The van der Waals surface area contributed by atoms with E-state index in [0.717, 1.165) is 16.7 Å². The van der Waals surface area contributed by atoms with E-state index >= 15 is 0 Å². The number of hydrogen-bond acceptors (Lipinski definition) is 4. The van der Waals surface area contributed by atoms with Crippen molar-refractivity contribution in [2.75, 3.05) is 13.2 Å². The second-order valence-corrected chi connectivity index (χ2v) is 8.76. The maximum Gasteiger partial charge on any atom is 0.163 e. The molecular weight excluding hydrogens is 400 g/mol. The van der Waals surface area contributed by atoms with Crippen LogP contribution in [0.2, 0.25) is 0 Å². The van der Waals surface area contributed by atoms with Crippen LogP contribution in [0.4, 0.5) is 0 Å². The summed E-state index contributed by atoms with van der Waals surface area (Å²) < 4.78 is 18.2. The van der Waals surface area contributed by atoms with Crippen LogP contribution >= 0.6 is 0 Å². The second-order valence-electron chi connectivity index (χ2n) is 8.76. The lowest BCUT2D eigenvalue weighted by Crippen LogP contribution is -2.34. The van der Waals surface area contributed by atoms with Crippen LogP contribution in [-0.4, -0.2) is 36.3 Å². The van der Waals surface area contributed by atoms with Gasteiger partial charge in [0.1, 0.15) is 5.60 Å². The Balaban J connectivity index is 1.57. The third-order valence-corrected chi connectivity index (χ3v) is 5.91. The Morgan fingerprint density at radius 2 is 1.34 bits per heavy atom. The van der Waals surface area contributed by atoms with E-state index in [0.29, 0.717) is 26.1 Å². The minimum Gasteiger partial charge on any atom is -0.393 e.